The Morgan fingerprint density at radius 1 is 1.08 bits per heavy atom. The summed E-state index contributed by atoms with van der Waals surface area (Å²) in [5.41, 5.74) is 2.01. The third-order valence-corrected chi connectivity index (χ3v) is 8.77. The van der Waals surface area contributed by atoms with Crippen LogP contribution >= 0.6 is 0 Å². The molecule has 0 atom stereocenters. The number of hydrogen-bond donors (Lipinski definition) is 1. The fraction of sp³-hybridized carbons (Fsp3) is 0.571. The van der Waals surface area contributed by atoms with E-state index in [9.17, 15) is 9.59 Å². The van der Waals surface area contributed by atoms with Crippen LogP contribution < -0.4 is 5.32 Å². The van der Waals surface area contributed by atoms with Crippen LogP contribution in [0, 0.1) is 12.8 Å². The highest BCUT2D eigenvalue weighted by Crippen LogP contribution is 2.49. The van der Waals surface area contributed by atoms with E-state index in [1.165, 1.54) is 24.8 Å². The minimum absolute atomic E-state index is 0.000983. The number of benzene rings is 1. The molecule has 1 spiro atoms. The lowest BCUT2D eigenvalue weighted by Crippen LogP contribution is -2.56. The number of anilines is 1. The first-order valence-corrected chi connectivity index (χ1v) is 13.2. The maximum atomic E-state index is 13.7. The van der Waals surface area contributed by atoms with Gasteiger partial charge in [-0.25, -0.2) is 14.8 Å². The van der Waals surface area contributed by atoms with Crippen molar-refractivity contribution < 1.29 is 9.59 Å². The van der Waals surface area contributed by atoms with Crippen LogP contribution in [0.25, 0.3) is 0 Å². The molecule has 3 aliphatic rings. The highest BCUT2D eigenvalue weighted by Gasteiger charge is 2.55. The molecule has 3 amide bonds. The summed E-state index contributed by atoms with van der Waals surface area (Å²) in [6, 6.07) is 10.8. The zero-order chi connectivity index (χ0) is 25.3. The number of aryl methyl sites for hydroxylation is 1. The van der Waals surface area contributed by atoms with Gasteiger partial charge in [-0.15, -0.1) is 0 Å². The number of nitrogens with zero attached hydrogens (tertiary/aromatic N) is 5. The second-order valence-electron chi connectivity index (χ2n) is 11.2. The summed E-state index contributed by atoms with van der Waals surface area (Å²) in [6.45, 7) is 3.32. The Labute approximate surface area is 214 Å². The second kappa shape index (κ2) is 9.81. The average molecular weight is 491 g/mol. The molecule has 1 aliphatic heterocycles. The molecule has 8 heteroatoms. The molecule has 1 N–H and O–H groups in total. The lowest BCUT2D eigenvalue weighted by Gasteiger charge is -2.51. The van der Waals surface area contributed by atoms with Gasteiger partial charge in [-0.1, -0.05) is 36.8 Å². The number of carbonyl (C=O) groups excluding carboxylic acids is 2. The van der Waals surface area contributed by atoms with Crippen LogP contribution in [0.2, 0.25) is 0 Å². The van der Waals surface area contributed by atoms with E-state index in [-0.39, 0.29) is 35.5 Å². The van der Waals surface area contributed by atoms with Gasteiger partial charge in [-0.2, -0.15) is 0 Å². The van der Waals surface area contributed by atoms with Crippen LogP contribution in [-0.4, -0.2) is 75.9 Å². The summed E-state index contributed by atoms with van der Waals surface area (Å²) in [5, 5.41) is 2.76. The van der Waals surface area contributed by atoms with E-state index in [1.54, 1.807) is 17.3 Å². The molecule has 2 aliphatic carbocycles. The van der Waals surface area contributed by atoms with Crippen molar-refractivity contribution in [3.05, 3.63) is 53.9 Å². The lowest BCUT2D eigenvalue weighted by atomic mass is 9.68. The molecule has 1 aromatic carbocycles. The van der Waals surface area contributed by atoms with Gasteiger partial charge in [-0.3, -0.25) is 15.0 Å². The fourth-order valence-electron chi connectivity index (χ4n) is 6.30. The summed E-state index contributed by atoms with van der Waals surface area (Å²) in [5.74, 6) is 0.598. The van der Waals surface area contributed by atoms with Gasteiger partial charge in [-0.05, 0) is 76.6 Å². The van der Waals surface area contributed by atoms with Gasteiger partial charge in [0.1, 0.15) is 6.54 Å². The van der Waals surface area contributed by atoms with Gasteiger partial charge < -0.3 is 9.80 Å². The van der Waals surface area contributed by atoms with Crippen LogP contribution in [0.15, 0.2) is 42.7 Å². The molecular formula is C28H38N6O2. The minimum atomic E-state index is -0.254. The van der Waals surface area contributed by atoms with Crippen molar-refractivity contribution in [2.45, 2.75) is 62.9 Å². The summed E-state index contributed by atoms with van der Waals surface area (Å²) in [7, 11) is 4.33. The minimum Gasteiger partial charge on any atom is -0.317 e. The van der Waals surface area contributed by atoms with Crippen molar-refractivity contribution in [3.63, 3.8) is 0 Å². The number of aromatic nitrogens is 2. The summed E-state index contributed by atoms with van der Waals surface area (Å²) < 4.78 is 0. The van der Waals surface area contributed by atoms with Crippen LogP contribution in [0.4, 0.5) is 10.7 Å². The third kappa shape index (κ3) is 4.59. The number of hydrogen-bond acceptors (Lipinski definition) is 5. The maximum Gasteiger partial charge on any atom is 0.321 e. The smallest absolute Gasteiger partial charge is 0.317 e. The Morgan fingerprint density at radius 3 is 2.33 bits per heavy atom. The van der Waals surface area contributed by atoms with Gasteiger partial charge >= 0.3 is 6.03 Å². The molecule has 1 saturated heterocycles. The molecule has 36 heavy (non-hydrogen) atoms. The molecule has 8 nitrogen and oxygen atoms in total. The number of rotatable bonds is 7. The highest BCUT2D eigenvalue weighted by atomic mass is 16.2. The van der Waals surface area contributed by atoms with Crippen LogP contribution in [-0.2, 0) is 10.3 Å². The topological polar surface area (TPSA) is 81.7 Å². The molecule has 192 valence electrons. The summed E-state index contributed by atoms with van der Waals surface area (Å²) in [6.07, 6.45) is 10.8. The first kappa shape index (κ1) is 24.7. The van der Waals surface area contributed by atoms with Crippen LogP contribution in [0.5, 0.6) is 0 Å². The Bertz CT molecular complexity index is 1070. The van der Waals surface area contributed by atoms with Crippen molar-refractivity contribution in [1.29, 1.82) is 0 Å². The van der Waals surface area contributed by atoms with E-state index >= 15 is 0 Å². The standard InChI is InChI=1S/C28H38N6O2/c1-21-16-29-25(30-17-21)31-24(35)19-33-20-27(34(26(33)36)18-22-8-7-9-22)12-14-28(15-13-27,32(2)3)23-10-5-4-6-11-23/h4-6,10-11,16-17,22H,7-9,12-15,18-20H2,1-3H3,(H,29,30,31,35)/t27-,28+. The second-order valence-corrected chi connectivity index (χ2v) is 11.2. The van der Waals surface area contributed by atoms with Crippen molar-refractivity contribution in [1.82, 2.24) is 24.7 Å². The predicted octanol–water partition coefficient (Wildman–Crippen LogP) is 4.03. The van der Waals surface area contributed by atoms with E-state index in [4.69, 9.17) is 0 Å². The molecule has 0 radical (unpaired) electrons. The molecule has 2 heterocycles. The molecule has 3 fully saturated rings. The Morgan fingerprint density at radius 2 is 1.75 bits per heavy atom. The highest BCUT2D eigenvalue weighted by molar-refractivity contribution is 5.93. The van der Waals surface area contributed by atoms with Gasteiger partial charge in [0.25, 0.3) is 0 Å². The Hall–Kier alpha value is -3.00. The molecule has 0 unspecified atom stereocenters. The van der Waals surface area contributed by atoms with E-state index in [1.807, 2.05) is 6.92 Å². The molecule has 1 aromatic heterocycles. The van der Waals surface area contributed by atoms with Crippen molar-refractivity contribution in [2.75, 3.05) is 39.0 Å². The van der Waals surface area contributed by atoms with Gasteiger partial charge in [0, 0.05) is 31.0 Å². The van der Waals surface area contributed by atoms with Crippen molar-refractivity contribution in [3.8, 4) is 0 Å². The third-order valence-electron chi connectivity index (χ3n) is 8.77. The molecule has 0 bridgehead atoms. The Balaban J connectivity index is 1.33. The van der Waals surface area contributed by atoms with E-state index in [0.717, 1.165) is 37.8 Å². The lowest BCUT2D eigenvalue weighted by molar-refractivity contribution is -0.116. The first-order valence-electron chi connectivity index (χ1n) is 13.2. The number of amides is 3. The van der Waals surface area contributed by atoms with Gasteiger partial charge in [0.05, 0.1) is 5.54 Å². The predicted molar refractivity (Wildman–Crippen MR) is 139 cm³/mol. The molecule has 2 aromatic rings. The maximum absolute atomic E-state index is 13.7. The Kier molecular flexibility index (Phi) is 6.72. The normalized spacial score (nSPS) is 26.5. The molecule has 2 saturated carbocycles. The van der Waals surface area contributed by atoms with E-state index < -0.39 is 0 Å². The van der Waals surface area contributed by atoms with Crippen molar-refractivity contribution in [2.24, 2.45) is 5.92 Å². The quantitative estimate of drug-likeness (QED) is 0.634. The summed E-state index contributed by atoms with van der Waals surface area (Å²) >= 11 is 0. The zero-order valence-electron chi connectivity index (χ0n) is 21.7. The van der Waals surface area contributed by atoms with Gasteiger partial charge in [0.2, 0.25) is 11.9 Å². The monoisotopic (exact) mass is 490 g/mol. The number of urea groups is 1. The van der Waals surface area contributed by atoms with Gasteiger partial charge in [0.15, 0.2) is 0 Å². The zero-order valence-corrected chi connectivity index (χ0v) is 21.7. The fourth-order valence-corrected chi connectivity index (χ4v) is 6.30. The van der Waals surface area contributed by atoms with Crippen molar-refractivity contribution >= 4 is 17.9 Å². The average Bonchev–Trinajstić information content (AvgIpc) is 3.08. The first-order chi connectivity index (χ1) is 17.3. The number of nitrogens with one attached hydrogen (secondary N) is 1. The number of carbonyl (C=O) groups is 2. The van der Waals surface area contributed by atoms with Crippen LogP contribution in [0.1, 0.15) is 56.1 Å². The van der Waals surface area contributed by atoms with E-state index in [0.29, 0.717) is 12.5 Å². The molecular weight excluding hydrogens is 452 g/mol. The molecule has 5 rings (SSSR count). The van der Waals surface area contributed by atoms with E-state index in [2.05, 4.69) is 69.5 Å². The SMILES string of the molecule is Cc1cnc(NC(=O)CN2C[C@]3(CC[C@](c4ccccc4)(N(C)C)CC3)N(CC3CCC3)C2=O)nc1. The largest absolute Gasteiger partial charge is 0.321 e. The van der Waals surface area contributed by atoms with Crippen LogP contribution in [0.3, 0.4) is 0 Å². The summed E-state index contributed by atoms with van der Waals surface area (Å²) in [4.78, 5) is 41.1.